The second-order valence-electron chi connectivity index (χ2n) is 6.06. The first-order valence-corrected chi connectivity index (χ1v) is 8.08. The van der Waals surface area contributed by atoms with Crippen LogP contribution in [-0.2, 0) is 14.3 Å². The fourth-order valence-corrected chi connectivity index (χ4v) is 3.92. The van der Waals surface area contributed by atoms with Gasteiger partial charge in [0.2, 0.25) is 0 Å². The maximum absolute atomic E-state index is 12.2. The van der Waals surface area contributed by atoms with Crippen molar-refractivity contribution in [1.82, 2.24) is 4.90 Å². The lowest BCUT2D eigenvalue weighted by Crippen LogP contribution is -2.43. The molecule has 3 atom stereocenters. The molecule has 24 heavy (non-hydrogen) atoms. The van der Waals surface area contributed by atoms with Gasteiger partial charge in [0.05, 0.1) is 13.7 Å². The highest BCUT2D eigenvalue weighted by Gasteiger charge is 2.43. The predicted molar refractivity (Wildman–Crippen MR) is 90.2 cm³/mol. The van der Waals surface area contributed by atoms with Gasteiger partial charge in [0.25, 0.3) is 5.91 Å². The highest BCUT2D eigenvalue weighted by atomic mass is 35.5. The zero-order chi connectivity index (χ0) is 17.4. The number of nitrogens with zero attached hydrogens (tertiary/aromatic N) is 2. The molecule has 1 fully saturated rings. The van der Waals surface area contributed by atoms with E-state index in [-0.39, 0.29) is 23.7 Å². The van der Waals surface area contributed by atoms with Crippen LogP contribution in [0.15, 0.2) is 40.1 Å². The lowest BCUT2D eigenvalue weighted by atomic mass is 9.83. The van der Waals surface area contributed by atoms with Gasteiger partial charge < -0.3 is 16.2 Å². The number of nitrogens with two attached hydrogens (primary N) is 2. The van der Waals surface area contributed by atoms with Crippen LogP contribution in [0.3, 0.4) is 0 Å². The molecular weight excluding hydrogens is 332 g/mol. The molecule has 0 spiro atoms. The molecule has 1 saturated heterocycles. The predicted octanol–water partition coefficient (Wildman–Crippen LogP) is 0.0637. The Morgan fingerprint density at radius 1 is 1.42 bits per heavy atom. The summed E-state index contributed by atoms with van der Waals surface area (Å²) in [6, 6.07) is -0.0222. The van der Waals surface area contributed by atoms with Crippen LogP contribution in [0.25, 0.3) is 0 Å². The number of ether oxygens (including phenoxy) is 1. The van der Waals surface area contributed by atoms with Crippen molar-refractivity contribution in [2.75, 3.05) is 20.2 Å². The van der Waals surface area contributed by atoms with Crippen LogP contribution in [0.4, 0.5) is 0 Å². The molecule has 0 bridgehead atoms. The number of aliphatic imine (C=N–C) groups is 1. The van der Waals surface area contributed by atoms with Gasteiger partial charge in [-0.1, -0.05) is 6.08 Å². The molecule has 2 aliphatic heterocycles. The maximum Gasteiger partial charge on any atom is 0.279 e. The number of rotatable bonds is 2. The Balaban J connectivity index is 2.05. The van der Waals surface area contributed by atoms with Crippen LogP contribution in [0, 0.1) is 5.92 Å². The number of halogens is 1. The molecular formula is C16H19ClN4O3. The van der Waals surface area contributed by atoms with E-state index in [0.29, 0.717) is 17.9 Å². The van der Waals surface area contributed by atoms with E-state index in [0.717, 1.165) is 18.5 Å². The summed E-state index contributed by atoms with van der Waals surface area (Å²) in [6.07, 6.45) is 5.85. The third-order valence-electron chi connectivity index (χ3n) is 4.52. The van der Waals surface area contributed by atoms with Crippen molar-refractivity contribution in [3.8, 4) is 0 Å². The lowest BCUT2D eigenvalue weighted by molar-refractivity contribution is -0.116. The Hall–Kier alpha value is -2.12. The first kappa shape index (κ1) is 16.7. The van der Waals surface area contributed by atoms with E-state index in [1.165, 1.54) is 13.2 Å². The second-order valence-corrected chi connectivity index (χ2v) is 6.49. The number of ketones is 1. The lowest BCUT2D eigenvalue weighted by Gasteiger charge is -2.35. The number of methoxy groups -OCH3 is 1. The van der Waals surface area contributed by atoms with E-state index in [2.05, 4.69) is 9.89 Å². The third kappa shape index (κ3) is 2.97. The molecule has 0 aromatic rings. The summed E-state index contributed by atoms with van der Waals surface area (Å²) in [6.45, 7) is 1.07. The molecule has 7 nitrogen and oxygen atoms in total. The number of carbonyl (C=O) groups is 2. The van der Waals surface area contributed by atoms with Crippen LogP contribution in [0.5, 0.6) is 0 Å². The molecule has 0 aromatic heterocycles. The number of hydrogen-bond donors (Lipinski definition) is 2. The van der Waals surface area contributed by atoms with Crippen molar-refractivity contribution in [3.05, 3.63) is 35.1 Å². The van der Waals surface area contributed by atoms with E-state index in [9.17, 15) is 9.59 Å². The summed E-state index contributed by atoms with van der Waals surface area (Å²) in [5.41, 5.74) is 11.8. The summed E-state index contributed by atoms with van der Waals surface area (Å²) < 4.78 is 5.29. The van der Waals surface area contributed by atoms with Crippen molar-refractivity contribution >= 4 is 29.3 Å². The van der Waals surface area contributed by atoms with Gasteiger partial charge in [0.15, 0.2) is 11.7 Å². The summed E-state index contributed by atoms with van der Waals surface area (Å²) in [5, 5.41) is -0.622. The van der Waals surface area contributed by atoms with Crippen LogP contribution in [-0.4, -0.2) is 54.2 Å². The summed E-state index contributed by atoms with van der Waals surface area (Å²) >= 11 is 6.57. The summed E-state index contributed by atoms with van der Waals surface area (Å²) in [4.78, 5) is 30.0. The number of carbonyl (C=O) groups excluding carboxylic acids is 2. The Bertz CT molecular complexity index is 706. The fraction of sp³-hybridized carbons (Fsp3) is 0.438. The van der Waals surface area contributed by atoms with Gasteiger partial charge in [-0.15, -0.1) is 11.6 Å². The first-order valence-electron chi connectivity index (χ1n) is 7.64. The van der Waals surface area contributed by atoms with Crippen molar-refractivity contribution in [3.63, 3.8) is 0 Å². The Morgan fingerprint density at radius 3 is 2.83 bits per heavy atom. The molecule has 4 N–H and O–H groups in total. The van der Waals surface area contributed by atoms with E-state index in [1.54, 1.807) is 6.08 Å². The first-order chi connectivity index (χ1) is 11.4. The van der Waals surface area contributed by atoms with Gasteiger partial charge in [0, 0.05) is 17.7 Å². The number of alkyl halides is 1. The molecule has 8 heteroatoms. The number of guanidine groups is 1. The van der Waals surface area contributed by atoms with E-state index in [1.807, 2.05) is 6.08 Å². The van der Waals surface area contributed by atoms with Crippen molar-refractivity contribution in [1.29, 1.82) is 0 Å². The monoisotopic (exact) mass is 350 g/mol. The SMILES string of the molecule is COC1=CC(=O)CN2CCC3C=C(C(=O)N=C(N)N)C=C(C1Cl)C32. The number of hydrogen-bond acceptors (Lipinski definition) is 4. The minimum Gasteiger partial charge on any atom is -0.499 e. The zero-order valence-corrected chi connectivity index (χ0v) is 14.0. The van der Waals surface area contributed by atoms with Crippen LogP contribution in [0.2, 0.25) is 0 Å². The Labute approximate surface area is 144 Å². The molecule has 0 saturated carbocycles. The normalized spacial score (nSPS) is 29.5. The number of allylic oxidation sites excluding steroid dienone is 1. The highest BCUT2D eigenvalue weighted by molar-refractivity contribution is 6.24. The van der Waals surface area contributed by atoms with Gasteiger partial charge in [-0.05, 0) is 30.5 Å². The van der Waals surface area contributed by atoms with Crippen molar-refractivity contribution < 1.29 is 14.3 Å². The second kappa shape index (κ2) is 6.41. The Kier molecular flexibility index (Phi) is 4.47. The van der Waals surface area contributed by atoms with Gasteiger partial charge in [0.1, 0.15) is 11.1 Å². The smallest absolute Gasteiger partial charge is 0.279 e. The van der Waals surface area contributed by atoms with E-state index in [4.69, 9.17) is 27.8 Å². The van der Waals surface area contributed by atoms with Crippen molar-refractivity contribution in [2.45, 2.75) is 17.8 Å². The third-order valence-corrected chi connectivity index (χ3v) is 4.99. The average Bonchev–Trinajstić information content (AvgIpc) is 2.92. The zero-order valence-electron chi connectivity index (χ0n) is 13.2. The standard InChI is InChI=1S/C16H19ClN4O3/c1-24-12-6-10(22)7-21-3-2-8-4-9(15(23)20-16(18)19)5-11(13(12)17)14(8)21/h4-6,8,13-14H,2-3,7H2,1H3,(H4,18,19,20,23). The topological polar surface area (TPSA) is 111 Å². The minimum atomic E-state index is -0.622. The molecule has 3 rings (SSSR count). The fourth-order valence-electron chi connectivity index (χ4n) is 3.58. The molecule has 1 aliphatic carbocycles. The Morgan fingerprint density at radius 2 is 2.17 bits per heavy atom. The van der Waals surface area contributed by atoms with Gasteiger partial charge in [-0.3, -0.25) is 14.5 Å². The molecule has 3 unspecified atom stereocenters. The minimum absolute atomic E-state index is 0.0222. The summed E-state index contributed by atoms with van der Waals surface area (Å²) in [7, 11) is 1.48. The largest absolute Gasteiger partial charge is 0.499 e. The molecule has 1 amide bonds. The van der Waals surface area contributed by atoms with E-state index < -0.39 is 11.3 Å². The molecule has 128 valence electrons. The van der Waals surface area contributed by atoms with Crippen LogP contribution >= 0.6 is 11.6 Å². The van der Waals surface area contributed by atoms with Gasteiger partial charge in [-0.25, -0.2) is 0 Å². The number of amides is 1. The molecule has 0 aromatic carbocycles. The summed E-state index contributed by atoms with van der Waals surface area (Å²) in [5.74, 6) is -0.345. The van der Waals surface area contributed by atoms with Crippen LogP contribution < -0.4 is 11.5 Å². The van der Waals surface area contributed by atoms with Crippen LogP contribution in [0.1, 0.15) is 6.42 Å². The average molecular weight is 351 g/mol. The maximum atomic E-state index is 12.2. The van der Waals surface area contributed by atoms with Gasteiger partial charge in [-0.2, -0.15) is 4.99 Å². The van der Waals surface area contributed by atoms with Crippen molar-refractivity contribution in [2.24, 2.45) is 22.4 Å². The van der Waals surface area contributed by atoms with E-state index >= 15 is 0 Å². The molecule has 0 radical (unpaired) electrons. The molecule has 3 aliphatic rings. The van der Waals surface area contributed by atoms with Gasteiger partial charge >= 0.3 is 0 Å². The molecule has 2 heterocycles. The quantitative estimate of drug-likeness (QED) is 0.414. The highest BCUT2D eigenvalue weighted by Crippen LogP contribution is 2.40.